The molecule has 4 N–H and O–H groups in total. The van der Waals surface area contributed by atoms with Crippen LogP contribution in [0.5, 0.6) is 0 Å². The smallest absolute Gasteiger partial charge is 0.250 e. The molecule has 1 aromatic carbocycles. The maximum absolute atomic E-state index is 11.4. The third-order valence-electron chi connectivity index (χ3n) is 2.87. The minimum atomic E-state index is -0.452. The van der Waals surface area contributed by atoms with Crippen LogP contribution in [0.25, 0.3) is 0 Å². The Morgan fingerprint density at radius 2 is 2.29 bits per heavy atom. The van der Waals surface area contributed by atoms with Crippen molar-refractivity contribution < 1.29 is 9.53 Å². The van der Waals surface area contributed by atoms with Crippen molar-refractivity contribution in [2.45, 2.75) is 13.0 Å². The number of rotatable bonds is 2. The summed E-state index contributed by atoms with van der Waals surface area (Å²) in [5.41, 5.74) is 12.9. The average molecular weight is 235 g/mol. The van der Waals surface area contributed by atoms with Crippen LogP contribution in [0.15, 0.2) is 18.2 Å². The summed E-state index contributed by atoms with van der Waals surface area (Å²) in [4.78, 5) is 13.5. The van der Waals surface area contributed by atoms with E-state index < -0.39 is 5.91 Å². The topological polar surface area (TPSA) is 81.6 Å². The van der Waals surface area contributed by atoms with Gasteiger partial charge in [0.05, 0.1) is 18.3 Å². The lowest BCUT2D eigenvalue weighted by atomic mass is 10.1. The van der Waals surface area contributed by atoms with E-state index in [9.17, 15) is 4.79 Å². The third-order valence-corrected chi connectivity index (χ3v) is 2.87. The molecule has 1 amide bonds. The van der Waals surface area contributed by atoms with Crippen molar-refractivity contribution in [2.24, 2.45) is 5.73 Å². The number of nitrogens with two attached hydrogens (primary N) is 2. The lowest BCUT2D eigenvalue weighted by Gasteiger charge is -2.33. The minimum absolute atomic E-state index is 0.155. The Morgan fingerprint density at radius 3 is 2.94 bits per heavy atom. The van der Waals surface area contributed by atoms with Crippen LogP contribution in [0.3, 0.4) is 0 Å². The van der Waals surface area contributed by atoms with E-state index in [0.29, 0.717) is 17.9 Å². The van der Waals surface area contributed by atoms with Crippen molar-refractivity contribution in [2.75, 3.05) is 30.3 Å². The van der Waals surface area contributed by atoms with E-state index >= 15 is 0 Å². The van der Waals surface area contributed by atoms with Gasteiger partial charge >= 0.3 is 0 Å². The van der Waals surface area contributed by atoms with Crippen molar-refractivity contribution in [3.63, 3.8) is 0 Å². The van der Waals surface area contributed by atoms with Crippen molar-refractivity contribution >= 4 is 17.3 Å². The van der Waals surface area contributed by atoms with Crippen molar-refractivity contribution in [1.82, 2.24) is 0 Å². The fourth-order valence-electron chi connectivity index (χ4n) is 2.06. The number of nitrogen functional groups attached to an aromatic ring is 1. The molecule has 0 radical (unpaired) electrons. The molecule has 1 saturated heterocycles. The van der Waals surface area contributed by atoms with Gasteiger partial charge in [-0.25, -0.2) is 0 Å². The predicted molar refractivity (Wildman–Crippen MR) is 67.0 cm³/mol. The van der Waals surface area contributed by atoms with Gasteiger partial charge in [-0.2, -0.15) is 0 Å². The van der Waals surface area contributed by atoms with Gasteiger partial charge in [0.15, 0.2) is 0 Å². The monoisotopic (exact) mass is 235 g/mol. The Kier molecular flexibility index (Phi) is 3.19. The Labute approximate surface area is 100 Å². The summed E-state index contributed by atoms with van der Waals surface area (Å²) in [5.74, 6) is -0.452. The Bertz CT molecular complexity index is 434. The largest absolute Gasteiger partial charge is 0.399 e. The number of hydrogen-bond acceptors (Lipinski definition) is 4. The molecule has 0 bridgehead atoms. The van der Waals surface area contributed by atoms with Crippen LogP contribution >= 0.6 is 0 Å². The third kappa shape index (κ3) is 2.50. The zero-order valence-corrected chi connectivity index (χ0v) is 9.85. The summed E-state index contributed by atoms with van der Waals surface area (Å²) >= 11 is 0. The fraction of sp³-hybridized carbons (Fsp3) is 0.417. The number of ether oxygens (including phenoxy) is 1. The molecule has 5 heteroatoms. The van der Waals surface area contributed by atoms with E-state index in [1.54, 1.807) is 12.1 Å². The molecule has 1 atom stereocenters. The lowest BCUT2D eigenvalue weighted by Crippen LogP contribution is -2.42. The molecule has 2 rings (SSSR count). The molecule has 0 spiro atoms. The molecule has 0 aliphatic carbocycles. The van der Waals surface area contributed by atoms with Crippen molar-refractivity contribution in [1.29, 1.82) is 0 Å². The summed E-state index contributed by atoms with van der Waals surface area (Å²) in [6.45, 7) is 4.18. The molecular weight excluding hydrogens is 218 g/mol. The average Bonchev–Trinajstić information content (AvgIpc) is 2.28. The zero-order chi connectivity index (χ0) is 12.4. The van der Waals surface area contributed by atoms with Gasteiger partial charge in [0.2, 0.25) is 0 Å². The lowest BCUT2D eigenvalue weighted by molar-refractivity contribution is 0.0531. The summed E-state index contributed by atoms with van der Waals surface area (Å²) in [7, 11) is 0. The Balaban J connectivity index is 2.33. The fourth-order valence-corrected chi connectivity index (χ4v) is 2.06. The zero-order valence-electron chi connectivity index (χ0n) is 9.85. The second kappa shape index (κ2) is 4.63. The van der Waals surface area contributed by atoms with Crippen molar-refractivity contribution in [3.05, 3.63) is 23.8 Å². The van der Waals surface area contributed by atoms with Gasteiger partial charge in [-0.15, -0.1) is 0 Å². The molecule has 17 heavy (non-hydrogen) atoms. The molecule has 0 aromatic heterocycles. The number of carbonyl (C=O) groups excluding carboxylic acids is 1. The molecule has 5 nitrogen and oxygen atoms in total. The van der Waals surface area contributed by atoms with Crippen LogP contribution < -0.4 is 16.4 Å². The molecule has 1 fully saturated rings. The van der Waals surface area contributed by atoms with E-state index in [4.69, 9.17) is 16.2 Å². The SMILES string of the molecule is CC1CN(c2ccc(N)cc2C(N)=O)CCO1. The van der Waals surface area contributed by atoms with Crippen LogP contribution in [0.2, 0.25) is 0 Å². The maximum Gasteiger partial charge on any atom is 0.250 e. The number of primary amides is 1. The standard InChI is InChI=1S/C12H17N3O2/c1-8-7-15(4-5-17-8)11-3-2-9(13)6-10(11)12(14)16/h2-3,6,8H,4-5,7,13H2,1H3,(H2,14,16). The molecule has 1 aromatic rings. The molecular formula is C12H17N3O2. The molecule has 0 saturated carbocycles. The quantitative estimate of drug-likeness (QED) is 0.735. The summed E-state index contributed by atoms with van der Waals surface area (Å²) in [6, 6.07) is 5.24. The summed E-state index contributed by atoms with van der Waals surface area (Å²) < 4.78 is 5.47. The first-order chi connectivity index (χ1) is 8.08. The number of nitrogens with zero attached hydrogens (tertiary/aromatic N) is 1. The van der Waals surface area contributed by atoms with Crippen LogP contribution in [0, 0.1) is 0 Å². The number of anilines is 2. The highest BCUT2D eigenvalue weighted by atomic mass is 16.5. The minimum Gasteiger partial charge on any atom is -0.399 e. The van der Waals surface area contributed by atoms with Crippen LogP contribution in [0.4, 0.5) is 11.4 Å². The highest BCUT2D eigenvalue weighted by Gasteiger charge is 2.20. The number of carbonyl (C=O) groups is 1. The summed E-state index contributed by atoms with van der Waals surface area (Å²) in [6.07, 6.45) is 0.155. The van der Waals surface area contributed by atoms with E-state index in [1.807, 2.05) is 13.0 Å². The molecule has 1 heterocycles. The molecule has 1 aliphatic heterocycles. The highest BCUT2D eigenvalue weighted by Crippen LogP contribution is 2.24. The number of hydrogen-bond donors (Lipinski definition) is 2. The highest BCUT2D eigenvalue weighted by molar-refractivity contribution is 5.99. The first kappa shape index (κ1) is 11.7. The van der Waals surface area contributed by atoms with Gasteiger partial charge in [0.25, 0.3) is 5.91 Å². The molecule has 1 aliphatic rings. The predicted octanol–water partition coefficient (Wildman–Crippen LogP) is 0.593. The van der Waals surface area contributed by atoms with Gasteiger partial charge in [-0.1, -0.05) is 0 Å². The molecule has 92 valence electrons. The second-order valence-electron chi connectivity index (χ2n) is 4.27. The van der Waals surface area contributed by atoms with Crippen molar-refractivity contribution in [3.8, 4) is 0 Å². The maximum atomic E-state index is 11.4. The number of amides is 1. The second-order valence-corrected chi connectivity index (χ2v) is 4.27. The first-order valence-electron chi connectivity index (χ1n) is 5.64. The number of morpholine rings is 1. The van der Waals surface area contributed by atoms with Crippen LogP contribution in [-0.4, -0.2) is 31.7 Å². The van der Waals surface area contributed by atoms with Gasteiger partial charge in [0, 0.05) is 24.5 Å². The summed E-state index contributed by atoms with van der Waals surface area (Å²) in [5, 5.41) is 0. The normalized spacial score (nSPS) is 20.3. The van der Waals surface area contributed by atoms with E-state index in [-0.39, 0.29) is 6.10 Å². The first-order valence-corrected chi connectivity index (χ1v) is 5.64. The van der Waals surface area contributed by atoms with Crippen LogP contribution in [-0.2, 0) is 4.74 Å². The van der Waals surface area contributed by atoms with Gasteiger partial charge in [0.1, 0.15) is 0 Å². The van der Waals surface area contributed by atoms with E-state index in [0.717, 1.165) is 18.8 Å². The Hall–Kier alpha value is -1.75. The van der Waals surface area contributed by atoms with E-state index in [1.165, 1.54) is 0 Å². The molecule has 1 unspecified atom stereocenters. The number of benzene rings is 1. The van der Waals surface area contributed by atoms with Gasteiger partial charge in [-0.05, 0) is 25.1 Å². The van der Waals surface area contributed by atoms with E-state index in [2.05, 4.69) is 4.90 Å². The van der Waals surface area contributed by atoms with Gasteiger partial charge < -0.3 is 21.1 Å². The van der Waals surface area contributed by atoms with Gasteiger partial charge in [-0.3, -0.25) is 4.79 Å². The Morgan fingerprint density at radius 1 is 1.53 bits per heavy atom. The van der Waals surface area contributed by atoms with Crippen LogP contribution in [0.1, 0.15) is 17.3 Å².